The molecule has 2 atom stereocenters. The molecule has 0 aromatic rings. The molecule has 1 unspecified atom stereocenters. The van der Waals surface area contributed by atoms with Crippen LogP contribution < -0.4 is 0 Å². The molecule has 1 heterocycles. The van der Waals surface area contributed by atoms with Crippen molar-refractivity contribution in [2.45, 2.75) is 26.9 Å². The summed E-state index contributed by atoms with van der Waals surface area (Å²) in [5, 5.41) is 0. The molecule has 1 aliphatic rings. The summed E-state index contributed by atoms with van der Waals surface area (Å²) in [4.78, 5) is 11.4. The Morgan fingerprint density at radius 2 is 2.31 bits per heavy atom. The number of carbonyl (C=O) groups is 1. The highest BCUT2D eigenvalue weighted by molar-refractivity contribution is 5.72. The first kappa shape index (κ1) is 12.6. The summed E-state index contributed by atoms with van der Waals surface area (Å²) in [7, 11) is 0. The topological polar surface area (TPSA) is 44.8 Å². The third kappa shape index (κ3) is 3.61. The van der Waals surface area contributed by atoms with E-state index in [9.17, 15) is 4.79 Å². The SMILES string of the molecule is CCOC(=O)C(C)[C@H](C)OC1=CC=CCO1. The third-order valence-corrected chi connectivity index (χ3v) is 2.35. The van der Waals surface area contributed by atoms with Gasteiger partial charge in [0.05, 0.1) is 12.5 Å². The van der Waals surface area contributed by atoms with E-state index in [0.29, 0.717) is 19.2 Å². The van der Waals surface area contributed by atoms with Gasteiger partial charge in [-0.25, -0.2) is 0 Å². The van der Waals surface area contributed by atoms with E-state index in [-0.39, 0.29) is 18.0 Å². The van der Waals surface area contributed by atoms with E-state index in [1.165, 1.54) is 0 Å². The average Bonchev–Trinajstić information content (AvgIpc) is 2.29. The Hall–Kier alpha value is -1.45. The molecule has 0 N–H and O–H groups in total. The smallest absolute Gasteiger partial charge is 0.312 e. The van der Waals surface area contributed by atoms with Crippen LogP contribution in [0.1, 0.15) is 20.8 Å². The van der Waals surface area contributed by atoms with Crippen molar-refractivity contribution in [2.75, 3.05) is 13.2 Å². The number of hydrogen-bond acceptors (Lipinski definition) is 4. The highest BCUT2D eigenvalue weighted by Gasteiger charge is 2.24. The largest absolute Gasteiger partial charge is 0.466 e. The number of hydrogen-bond donors (Lipinski definition) is 0. The molecule has 4 heteroatoms. The van der Waals surface area contributed by atoms with Gasteiger partial charge in [-0.15, -0.1) is 0 Å². The molecule has 0 amide bonds. The van der Waals surface area contributed by atoms with Gasteiger partial charge >= 0.3 is 5.97 Å². The predicted octanol–water partition coefficient (Wildman–Crippen LogP) is 2.02. The molecule has 1 aliphatic heterocycles. The number of rotatable bonds is 5. The van der Waals surface area contributed by atoms with Gasteiger partial charge in [0.25, 0.3) is 5.95 Å². The summed E-state index contributed by atoms with van der Waals surface area (Å²) in [6.07, 6.45) is 5.21. The van der Waals surface area contributed by atoms with E-state index >= 15 is 0 Å². The number of ether oxygens (including phenoxy) is 3. The lowest BCUT2D eigenvalue weighted by Gasteiger charge is -2.22. The molecule has 4 nitrogen and oxygen atoms in total. The molecule has 16 heavy (non-hydrogen) atoms. The van der Waals surface area contributed by atoms with Crippen LogP contribution in [-0.4, -0.2) is 25.3 Å². The van der Waals surface area contributed by atoms with Crippen LogP contribution in [0.25, 0.3) is 0 Å². The Morgan fingerprint density at radius 1 is 1.56 bits per heavy atom. The molecule has 0 spiro atoms. The molecule has 0 bridgehead atoms. The quantitative estimate of drug-likeness (QED) is 0.673. The highest BCUT2D eigenvalue weighted by atomic mass is 16.7. The molecule has 0 aromatic carbocycles. The van der Waals surface area contributed by atoms with Gasteiger partial charge in [-0.05, 0) is 26.8 Å². The first-order chi connectivity index (χ1) is 7.65. The third-order valence-electron chi connectivity index (χ3n) is 2.35. The molecule has 0 radical (unpaired) electrons. The summed E-state index contributed by atoms with van der Waals surface area (Å²) in [6.45, 7) is 6.28. The van der Waals surface area contributed by atoms with Crippen LogP contribution in [0.5, 0.6) is 0 Å². The van der Waals surface area contributed by atoms with Crippen LogP contribution >= 0.6 is 0 Å². The van der Waals surface area contributed by atoms with Crippen LogP contribution in [0.4, 0.5) is 0 Å². The van der Waals surface area contributed by atoms with Gasteiger partial charge in [-0.3, -0.25) is 4.79 Å². The molecule has 1 rings (SSSR count). The molecule has 0 aromatic heterocycles. The summed E-state index contributed by atoms with van der Waals surface area (Å²) in [5.41, 5.74) is 0. The summed E-state index contributed by atoms with van der Waals surface area (Å²) >= 11 is 0. The Bertz CT molecular complexity index is 293. The molecule has 0 saturated carbocycles. The Balaban J connectivity index is 2.44. The van der Waals surface area contributed by atoms with Gasteiger partial charge in [-0.1, -0.05) is 6.08 Å². The standard InChI is InChI=1S/C12H18O4/c1-4-14-12(13)9(2)10(3)16-11-7-5-6-8-15-11/h5-7,9-10H,4,8H2,1-3H3/t9?,10-/m0/s1. The first-order valence-corrected chi connectivity index (χ1v) is 5.48. The maximum absolute atomic E-state index is 11.4. The zero-order valence-corrected chi connectivity index (χ0v) is 9.93. The fourth-order valence-corrected chi connectivity index (χ4v) is 1.20. The number of esters is 1. The molecule has 90 valence electrons. The van der Waals surface area contributed by atoms with Crippen LogP contribution in [0.2, 0.25) is 0 Å². The lowest BCUT2D eigenvalue weighted by atomic mass is 10.1. The van der Waals surface area contributed by atoms with Crippen molar-refractivity contribution >= 4 is 5.97 Å². The highest BCUT2D eigenvalue weighted by Crippen LogP contribution is 2.15. The Kier molecular flexibility index (Phi) is 4.89. The van der Waals surface area contributed by atoms with Gasteiger partial charge in [0.15, 0.2) is 0 Å². The molecule has 0 saturated heterocycles. The van der Waals surface area contributed by atoms with Crippen LogP contribution in [-0.2, 0) is 19.0 Å². The molecular formula is C12H18O4. The van der Waals surface area contributed by atoms with Crippen LogP contribution in [0.3, 0.4) is 0 Å². The Morgan fingerprint density at radius 3 is 2.88 bits per heavy atom. The average molecular weight is 226 g/mol. The zero-order chi connectivity index (χ0) is 12.0. The van der Waals surface area contributed by atoms with E-state index in [0.717, 1.165) is 0 Å². The zero-order valence-electron chi connectivity index (χ0n) is 9.93. The molecule has 0 fully saturated rings. The first-order valence-electron chi connectivity index (χ1n) is 5.48. The van der Waals surface area contributed by atoms with E-state index in [2.05, 4.69) is 0 Å². The van der Waals surface area contributed by atoms with Gasteiger partial charge in [0, 0.05) is 6.08 Å². The second kappa shape index (κ2) is 6.20. The fraction of sp³-hybridized carbons (Fsp3) is 0.583. The minimum Gasteiger partial charge on any atom is -0.466 e. The van der Waals surface area contributed by atoms with E-state index in [1.807, 2.05) is 19.1 Å². The van der Waals surface area contributed by atoms with Crippen molar-refractivity contribution in [3.05, 3.63) is 24.2 Å². The second-order valence-electron chi connectivity index (χ2n) is 3.59. The van der Waals surface area contributed by atoms with E-state index < -0.39 is 0 Å². The van der Waals surface area contributed by atoms with Crippen molar-refractivity contribution in [3.8, 4) is 0 Å². The maximum Gasteiger partial charge on any atom is 0.312 e. The van der Waals surface area contributed by atoms with Gasteiger partial charge < -0.3 is 14.2 Å². The normalized spacial score (nSPS) is 18.1. The van der Waals surface area contributed by atoms with Crippen molar-refractivity contribution < 1.29 is 19.0 Å². The summed E-state index contributed by atoms with van der Waals surface area (Å²) < 4.78 is 15.7. The summed E-state index contributed by atoms with van der Waals surface area (Å²) in [6, 6.07) is 0. The number of allylic oxidation sites excluding steroid dienone is 2. The second-order valence-corrected chi connectivity index (χ2v) is 3.59. The van der Waals surface area contributed by atoms with Crippen molar-refractivity contribution in [3.63, 3.8) is 0 Å². The van der Waals surface area contributed by atoms with Crippen LogP contribution in [0.15, 0.2) is 24.2 Å². The minimum atomic E-state index is -0.310. The van der Waals surface area contributed by atoms with E-state index in [4.69, 9.17) is 14.2 Å². The van der Waals surface area contributed by atoms with Gasteiger partial charge in [-0.2, -0.15) is 0 Å². The van der Waals surface area contributed by atoms with Crippen LogP contribution in [0, 0.1) is 5.92 Å². The van der Waals surface area contributed by atoms with Gasteiger partial charge in [0.2, 0.25) is 0 Å². The van der Waals surface area contributed by atoms with Gasteiger partial charge in [0.1, 0.15) is 12.7 Å². The number of carbonyl (C=O) groups excluding carboxylic acids is 1. The monoisotopic (exact) mass is 226 g/mol. The van der Waals surface area contributed by atoms with Crippen molar-refractivity contribution in [1.29, 1.82) is 0 Å². The maximum atomic E-state index is 11.4. The molecule has 0 aliphatic carbocycles. The fourth-order valence-electron chi connectivity index (χ4n) is 1.20. The van der Waals surface area contributed by atoms with Crippen molar-refractivity contribution in [1.82, 2.24) is 0 Å². The Labute approximate surface area is 95.9 Å². The predicted molar refractivity (Wildman–Crippen MR) is 59.5 cm³/mol. The lowest BCUT2D eigenvalue weighted by Crippen LogP contribution is -2.28. The minimum absolute atomic E-state index is 0.248. The lowest BCUT2D eigenvalue weighted by molar-refractivity contribution is -0.152. The van der Waals surface area contributed by atoms with Crippen molar-refractivity contribution in [2.24, 2.45) is 5.92 Å². The van der Waals surface area contributed by atoms with E-state index in [1.54, 1.807) is 19.9 Å². The molecular weight excluding hydrogens is 208 g/mol. The summed E-state index contributed by atoms with van der Waals surface area (Å²) in [5.74, 6) is -0.108.